The third kappa shape index (κ3) is 2.37. The lowest BCUT2D eigenvalue weighted by atomic mass is 10.3. The van der Waals surface area contributed by atoms with Crippen LogP contribution in [-0.4, -0.2) is 48.4 Å². The van der Waals surface area contributed by atoms with Gasteiger partial charge in [0.25, 0.3) is 10.0 Å². The highest BCUT2D eigenvalue weighted by Gasteiger charge is 2.31. The van der Waals surface area contributed by atoms with Gasteiger partial charge in [-0.25, -0.2) is 13.4 Å². The summed E-state index contributed by atoms with van der Waals surface area (Å²) in [5.41, 5.74) is 0. The Hall–Kier alpha value is -0.630. The van der Waals surface area contributed by atoms with Crippen LogP contribution in [0.5, 0.6) is 0 Å². The van der Waals surface area contributed by atoms with Crippen molar-refractivity contribution in [2.45, 2.75) is 18.0 Å². The van der Waals surface area contributed by atoms with Gasteiger partial charge in [0.05, 0.1) is 12.5 Å². The minimum atomic E-state index is -3.39. The van der Waals surface area contributed by atoms with Crippen molar-refractivity contribution in [3.05, 3.63) is 12.5 Å². The molecule has 1 aromatic heterocycles. The molecule has 0 radical (unpaired) electrons. The molecule has 1 atom stereocenters. The second-order valence-corrected chi connectivity index (χ2v) is 5.44. The van der Waals surface area contributed by atoms with E-state index in [0.29, 0.717) is 19.6 Å². The van der Waals surface area contributed by atoms with Gasteiger partial charge in [-0.3, -0.25) is 0 Å². The van der Waals surface area contributed by atoms with Crippen LogP contribution in [0.2, 0.25) is 0 Å². The topological polar surface area (TPSA) is 78.1 Å². The molecule has 1 aromatic rings. The smallest absolute Gasteiger partial charge is 0.260 e. The highest BCUT2D eigenvalue weighted by molar-refractivity contribution is 7.89. The maximum atomic E-state index is 12.1. The Balaban J connectivity index is 0.00000128. The average molecular weight is 267 g/mol. The Kier molecular flexibility index (Phi) is 4.31. The van der Waals surface area contributed by atoms with Gasteiger partial charge in [0.1, 0.15) is 0 Å². The van der Waals surface area contributed by atoms with E-state index in [9.17, 15) is 8.42 Å². The van der Waals surface area contributed by atoms with Gasteiger partial charge in [-0.05, 0) is 6.92 Å². The van der Waals surface area contributed by atoms with Crippen molar-refractivity contribution >= 4 is 22.4 Å². The predicted octanol–water partition coefficient (Wildman–Crippen LogP) is -0.186. The zero-order valence-electron chi connectivity index (χ0n) is 8.88. The molecule has 16 heavy (non-hydrogen) atoms. The van der Waals surface area contributed by atoms with Crippen molar-refractivity contribution < 1.29 is 8.42 Å². The second-order valence-electron chi connectivity index (χ2n) is 3.58. The third-order valence-corrected chi connectivity index (χ3v) is 4.44. The van der Waals surface area contributed by atoms with Crippen molar-refractivity contribution in [2.75, 3.05) is 19.6 Å². The van der Waals surface area contributed by atoms with E-state index in [1.54, 1.807) is 0 Å². The molecule has 2 rings (SSSR count). The summed E-state index contributed by atoms with van der Waals surface area (Å²) in [7, 11) is -3.39. The van der Waals surface area contributed by atoms with Crippen LogP contribution in [0.25, 0.3) is 0 Å². The van der Waals surface area contributed by atoms with E-state index in [-0.39, 0.29) is 23.5 Å². The third-order valence-electron chi connectivity index (χ3n) is 2.50. The SMILES string of the molecule is CC1CNCCN1S(=O)(=O)c1cnc[nH]1.Cl. The fraction of sp³-hybridized carbons (Fsp3) is 0.625. The molecule has 6 nitrogen and oxygen atoms in total. The van der Waals surface area contributed by atoms with E-state index in [1.165, 1.54) is 16.8 Å². The fourth-order valence-electron chi connectivity index (χ4n) is 1.69. The molecule has 8 heteroatoms. The summed E-state index contributed by atoms with van der Waals surface area (Å²) in [6.07, 6.45) is 2.71. The van der Waals surface area contributed by atoms with Gasteiger partial charge in [0.15, 0.2) is 5.03 Å². The summed E-state index contributed by atoms with van der Waals surface area (Å²) < 4.78 is 25.7. The van der Waals surface area contributed by atoms with Crippen LogP contribution in [0.4, 0.5) is 0 Å². The van der Waals surface area contributed by atoms with Gasteiger partial charge in [0, 0.05) is 25.7 Å². The van der Waals surface area contributed by atoms with Crippen LogP contribution >= 0.6 is 12.4 Å². The number of halogens is 1. The van der Waals surface area contributed by atoms with Crippen LogP contribution in [0.3, 0.4) is 0 Å². The zero-order chi connectivity index (χ0) is 10.9. The normalized spacial score (nSPS) is 22.7. The first-order valence-corrected chi connectivity index (χ1v) is 6.27. The molecular weight excluding hydrogens is 252 g/mol. The van der Waals surface area contributed by atoms with Crippen LogP contribution in [0, 0.1) is 0 Å². The van der Waals surface area contributed by atoms with Gasteiger partial charge < -0.3 is 10.3 Å². The molecule has 0 aliphatic carbocycles. The molecule has 0 amide bonds. The first-order valence-electron chi connectivity index (χ1n) is 4.83. The second kappa shape index (κ2) is 5.13. The molecule has 1 fully saturated rings. The number of aromatic nitrogens is 2. The Morgan fingerprint density at radius 1 is 1.56 bits per heavy atom. The molecule has 0 saturated carbocycles. The van der Waals surface area contributed by atoms with Crippen LogP contribution in [-0.2, 0) is 10.0 Å². The van der Waals surface area contributed by atoms with Gasteiger partial charge >= 0.3 is 0 Å². The number of hydrogen-bond acceptors (Lipinski definition) is 4. The molecule has 1 unspecified atom stereocenters. The number of hydrogen-bond donors (Lipinski definition) is 2. The monoisotopic (exact) mass is 266 g/mol. The highest BCUT2D eigenvalue weighted by atomic mass is 35.5. The molecule has 1 aliphatic heterocycles. The molecular formula is C8H15ClN4O2S. The maximum absolute atomic E-state index is 12.1. The molecule has 0 aromatic carbocycles. The van der Waals surface area contributed by atoms with E-state index in [2.05, 4.69) is 15.3 Å². The minimum Gasteiger partial charge on any atom is -0.335 e. The molecule has 2 N–H and O–H groups in total. The maximum Gasteiger partial charge on any atom is 0.260 e. The van der Waals surface area contributed by atoms with E-state index < -0.39 is 10.0 Å². The lowest BCUT2D eigenvalue weighted by molar-refractivity contribution is 0.283. The van der Waals surface area contributed by atoms with Crippen LogP contribution < -0.4 is 5.32 Å². The average Bonchev–Trinajstić information content (AvgIpc) is 2.71. The molecule has 0 spiro atoms. The number of H-pyrrole nitrogens is 1. The number of aromatic amines is 1. The number of nitrogens with zero attached hydrogens (tertiary/aromatic N) is 2. The van der Waals surface area contributed by atoms with Gasteiger partial charge in [-0.15, -0.1) is 12.4 Å². The Labute approximate surface area is 101 Å². The molecule has 1 aliphatic rings. The Bertz CT molecular complexity index is 419. The van der Waals surface area contributed by atoms with E-state index in [4.69, 9.17) is 0 Å². The summed E-state index contributed by atoms with van der Waals surface area (Å²) in [6.45, 7) is 3.77. The van der Waals surface area contributed by atoms with Crippen molar-refractivity contribution in [1.82, 2.24) is 19.6 Å². The number of imidazole rings is 1. The lowest BCUT2D eigenvalue weighted by Gasteiger charge is -2.32. The first kappa shape index (κ1) is 13.4. The highest BCUT2D eigenvalue weighted by Crippen LogP contribution is 2.16. The number of rotatable bonds is 2. The minimum absolute atomic E-state index is 0. The van der Waals surface area contributed by atoms with Gasteiger partial charge in [-0.1, -0.05) is 0 Å². The van der Waals surface area contributed by atoms with E-state index >= 15 is 0 Å². The number of nitrogens with one attached hydrogen (secondary N) is 2. The first-order chi connectivity index (χ1) is 7.12. The molecule has 92 valence electrons. The molecule has 1 saturated heterocycles. The number of piperazine rings is 1. The quantitative estimate of drug-likeness (QED) is 0.778. The van der Waals surface area contributed by atoms with Crippen LogP contribution in [0.1, 0.15) is 6.92 Å². The molecule has 0 bridgehead atoms. The van der Waals surface area contributed by atoms with Crippen molar-refractivity contribution in [2.24, 2.45) is 0 Å². The summed E-state index contributed by atoms with van der Waals surface area (Å²) in [5, 5.41) is 3.31. The van der Waals surface area contributed by atoms with Crippen molar-refractivity contribution in [1.29, 1.82) is 0 Å². The summed E-state index contributed by atoms with van der Waals surface area (Å²) in [5.74, 6) is 0. The van der Waals surface area contributed by atoms with E-state index in [0.717, 1.165) is 0 Å². The van der Waals surface area contributed by atoms with Crippen LogP contribution in [0.15, 0.2) is 17.6 Å². The summed E-state index contributed by atoms with van der Waals surface area (Å²) in [4.78, 5) is 6.37. The fourth-order valence-corrected chi connectivity index (χ4v) is 3.22. The van der Waals surface area contributed by atoms with Crippen molar-refractivity contribution in [3.8, 4) is 0 Å². The molecule has 2 heterocycles. The summed E-state index contributed by atoms with van der Waals surface area (Å²) >= 11 is 0. The number of sulfonamides is 1. The largest absolute Gasteiger partial charge is 0.335 e. The van der Waals surface area contributed by atoms with Crippen molar-refractivity contribution in [3.63, 3.8) is 0 Å². The zero-order valence-corrected chi connectivity index (χ0v) is 10.5. The standard InChI is InChI=1S/C8H14N4O2S.ClH/c1-7-4-9-2-3-12(7)15(13,14)8-5-10-6-11-8;/h5-7,9H,2-4H2,1H3,(H,10,11);1H. The van der Waals surface area contributed by atoms with E-state index in [1.807, 2.05) is 6.92 Å². The lowest BCUT2D eigenvalue weighted by Crippen LogP contribution is -2.52. The van der Waals surface area contributed by atoms with Gasteiger partial charge in [-0.2, -0.15) is 4.31 Å². The summed E-state index contributed by atoms with van der Waals surface area (Å²) in [6, 6.07) is -0.0213. The Morgan fingerprint density at radius 3 is 2.88 bits per heavy atom. The Morgan fingerprint density at radius 2 is 2.31 bits per heavy atom. The predicted molar refractivity (Wildman–Crippen MR) is 62.1 cm³/mol. The van der Waals surface area contributed by atoms with Gasteiger partial charge in [0.2, 0.25) is 0 Å².